The number of imidazole rings is 3. The van der Waals surface area contributed by atoms with E-state index in [9.17, 15) is 101 Å². The minimum Gasteiger partial charge on any atom is -0.394 e. The standard InChI is InChI=1S/C71H89N27O40P6/c1-27-8-28(9-29-54(27)85-65(75)89-61(29)101)31-11-32(38(17-99)126-31)133-140(110,111)121-19-40-34(13-50(128-40)94-6-3-46(73)83-70(94)106)135-141(112,113)124-22-43-37(16-53(131-43)98-26-81-57-60(98)88-68(78)92-64(57)104)138-144(118,119)123-21-42-35(14-51(130-42)95-7-4-47(74)84-71(95)107)136-142(114,115)125-23-44-36(15-52(132-44)97-25-80-56-59(97)87-67(77)91-63(56)103)137-143(116,117)122-20-41-33(12-49(129-41)93-5-2-45(72)82-69(93)105)134-139(108,109)120-18-39-30(100)10-48(127-39)96-24-79-55-58(96)86-66(76)90-62(55)102/h2-9,24-26,30-44,48-53,99-100H,10-23H2,1H3,(H,108,109)(H,110,111)(H,112,113)(H,114,115)(H,116,117)(H,118,119)(H2,72,82,105)(H2,73,83,106)(H2,74,84,107)(H3,75,85,89,101)(H3,76,86,90,102)(H3,77,87,91,103)(H3,78,88,92,104)/t30-,31+,32-,33-,34-,35-,36-,37-,38+,39+,40+,41+,42+,43+,44+,48+,49+,50+,51+,52+,53+/m0/s1. The van der Waals surface area contributed by atoms with Crippen molar-refractivity contribution >= 4 is 133 Å². The van der Waals surface area contributed by atoms with Gasteiger partial charge in [0.1, 0.15) is 134 Å². The first-order chi connectivity index (χ1) is 68.1. The maximum absolute atomic E-state index is 14.6. The quantitative estimate of drug-likeness (QED) is 0.0176. The highest BCUT2D eigenvalue weighted by Crippen LogP contribution is 2.58. The van der Waals surface area contributed by atoms with Gasteiger partial charge in [0.05, 0.1) is 88.3 Å². The van der Waals surface area contributed by atoms with Crippen LogP contribution in [0.2, 0.25) is 0 Å². The minimum atomic E-state index is -5.73. The lowest BCUT2D eigenvalue weighted by molar-refractivity contribution is -0.0650. The van der Waals surface area contributed by atoms with E-state index in [1.807, 2.05) is 0 Å². The van der Waals surface area contributed by atoms with Crippen LogP contribution >= 0.6 is 46.9 Å². The summed E-state index contributed by atoms with van der Waals surface area (Å²) in [7, 11) is -33.4. The monoisotopic (exact) mass is 2150 g/mol. The van der Waals surface area contributed by atoms with Gasteiger partial charge in [-0.25, -0.2) is 61.7 Å². The van der Waals surface area contributed by atoms with Gasteiger partial charge in [0, 0.05) is 63.5 Å². The molecule has 0 bridgehead atoms. The van der Waals surface area contributed by atoms with E-state index in [-0.39, 0.29) is 86.6 Å². The molecule has 10 aromatic heterocycles. The Balaban J connectivity index is 0.551. The Morgan fingerprint density at radius 2 is 0.632 bits per heavy atom. The summed E-state index contributed by atoms with van der Waals surface area (Å²) < 4.78 is 201. The number of aryl methyl sites for hydroxylation is 1. The number of fused-ring (bicyclic) bond motifs is 4. The van der Waals surface area contributed by atoms with Gasteiger partial charge in [0.2, 0.25) is 23.8 Å². The van der Waals surface area contributed by atoms with Gasteiger partial charge in [-0.1, -0.05) is 6.07 Å². The van der Waals surface area contributed by atoms with E-state index in [0.29, 0.717) is 11.1 Å². The number of aliphatic hydroxyl groups excluding tert-OH is 2. The lowest BCUT2D eigenvalue weighted by atomic mass is 10.00. The van der Waals surface area contributed by atoms with Crippen molar-refractivity contribution in [2.24, 2.45) is 0 Å². The number of ether oxygens (including phenoxy) is 7. The second-order valence-electron chi connectivity index (χ2n) is 33.4. The molecule has 0 saturated carbocycles. The third kappa shape index (κ3) is 22.9. The summed E-state index contributed by atoms with van der Waals surface area (Å²) in [5.41, 5.74) is 34.6. The molecule has 18 rings (SSSR count). The van der Waals surface area contributed by atoms with Gasteiger partial charge in [-0.05, 0) is 42.3 Å². The highest BCUT2D eigenvalue weighted by molar-refractivity contribution is 7.48. The molecule has 11 aromatic rings. The molecule has 1 aromatic carbocycles. The minimum absolute atomic E-state index is 0.0210. The zero-order valence-electron chi connectivity index (χ0n) is 73.9. The lowest BCUT2D eigenvalue weighted by Crippen LogP contribution is -2.32. The van der Waals surface area contributed by atoms with Gasteiger partial charge in [0.15, 0.2) is 33.5 Å². The molecule has 27 atom stereocenters. The Bertz CT molecular complexity index is 7520. The summed E-state index contributed by atoms with van der Waals surface area (Å²) in [5.74, 6) is -1.98. The second-order valence-corrected chi connectivity index (χ2v) is 41.9. The molecule has 0 amide bonds. The van der Waals surface area contributed by atoms with Crippen molar-refractivity contribution in [3.05, 3.63) is 152 Å². The molecule has 0 radical (unpaired) electrons. The number of rotatable bonds is 38. The number of aliphatic hydroxyl groups is 2. The largest absolute Gasteiger partial charge is 0.472 e. The molecule has 7 fully saturated rings. The highest BCUT2D eigenvalue weighted by Gasteiger charge is 2.53. The fourth-order valence-electron chi connectivity index (χ4n) is 17.2. The fourth-order valence-corrected chi connectivity index (χ4v) is 22.9. The number of hydrogen-bond acceptors (Lipinski definition) is 51. The number of nitrogen functional groups attached to an aromatic ring is 7. The van der Waals surface area contributed by atoms with Crippen molar-refractivity contribution in [3.8, 4) is 0 Å². The Hall–Kier alpha value is -11.1. The van der Waals surface area contributed by atoms with Gasteiger partial charge in [0.25, 0.3) is 22.2 Å². The molecule has 0 aliphatic carbocycles. The van der Waals surface area contributed by atoms with E-state index in [2.05, 4.69) is 69.8 Å². The Morgan fingerprint density at radius 3 is 0.944 bits per heavy atom. The molecule has 7 saturated heterocycles. The molecule has 7 aliphatic rings. The van der Waals surface area contributed by atoms with Crippen molar-refractivity contribution < 1.29 is 154 Å². The summed E-state index contributed by atoms with van der Waals surface area (Å²) >= 11 is 0. The molecule has 73 heteroatoms. The first kappa shape index (κ1) is 103. The topological polar surface area (TPSA) is 963 Å². The number of anilines is 7. The summed E-state index contributed by atoms with van der Waals surface area (Å²) in [5, 5.41) is 21.5. The molecule has 7 aliphatic heterocycles. The number of aromatic amines is 4. The molecule has 26 N–H and O–H groups in total. The average molecular weight is 2150 g/mol. The molecule has 0 spiro atoms. The normalized spacial score (nSPS) is 29.3. The van der Waals surface area contributed by atoms with Crippen molar-refractivity contribution in [1.82, 2.24) is 97.2 Å². The summed E-state index contributed by atoms with van der Waals surface area (Å²) in [6.07, 6.45) is -29.4. The van der Waals surface area contributed by atoms with E-state index >= 15 is 0 Å². The zero-order valence-corrected chi connectivity index (χ0v) is 79.3. The zero-order chi connectivity index (χ0) is 102. The maximum Gasteiger partial charge on any atom is 0.472 e. The van der Waals surface area contributed by atoms with Crippen molar-refractivity contribution in [2.75, 3.05) is 86.4 Å². The Kier molecular flexibility index (Phi) is 29.1. The predicted molar refractivity (Wildman–Crippen MR) is 478 cm³/mol. The number of nitrogens with one attached hydrogen (secondary N) is 4. The summed E-state index contributed by atoms with van der Waals surface area (Å²) in [6, 6.07) is 6.64. The van der Waals surface area contributed by atoms with Crippen LogP contribution < -0.4 is 79.4 Å². The van der Waals surface area contributed by atoms with E-state index in [1.165, 1.54) is 29.1 Å². The fraction of sp³-hybridized carbons (Fsp3) is 0.507. The molecular weight excluding hydrogens is 2060 g/mol. The highest BCUT2D eigenvalue weighted by atomic mass is 31.2. The third-order valence-electron chi connectivity index (χ3n) is 23.7. The van der Waals surface area contributed by atoms with Crippen LogP contribution in [0.25, 0.3) is 44.4 Å². The number of H-pyrrole nitrogens is 4. The number of nitrogens with zero attached hydrogens (tertiary/aromatic N) is 16. The number of benzene rings is 1. The maximum atomic E-state index is 14.6. The van der Waals surface area contributed by atoms with Gasteiger partial charge in [-0.3, -0.25) is 121 Å². The average Bonchev–Trinajstić information content (AvgIpc) is 1.56. The number of nitrogens with two attached hydrogens (primary N) is 7. The van der Waals surface area contributed by atoms with Crippen LogP contribution in [-0.2, 0) is 115 Å². The van der Waals surface area contributed by atoms with Crippen LogP contribution in [0, 0.1) is 6.92 Å². The number of phosphoric ester groups is 6. The first-order valence-electron chi connectivity index (χ1n) is 42.9. The van der Waals surface area contributed by atoms with E-state index in [0.717, 1.165) is 60.1 Å². The van der Waals surface area contributed by atoms with Crippen LogP contribution in [0.15, 0.2) is 101 Å². The third-order valence-corrected chi connectivity index (χ3v) is 29.8. The lowest BCUT2D eigenvalue weighted by Gasteiger charge is -2.26. The Morgan fingerprint density at radius 1 is 0.354 bits per heavy atom. The van der Waals surface area contributed by atoms with Gasteiger partial charge in [-0.2, -0.15) is 29.9 Å². The van der Waals surface area contributed by atoms with Gasteiger partial charge in [-0.15, -0.1) is 0 Å². The Labute approximate surface area is 800 Å². The molecule has 17 heterocycles. The van der Waals surface area contributed by atoms with Crippen LogP contribution in [-0.4, -0.2) is 268 Å². The van der Waals surface area contributed by atoms with Crippen molar-refractivity contribution in [3.63, 3.8) is 0 Å². The van der Waals surface area contributed by atoms with Crippen LogP contribution in [0.4, 0.5) is 41.2 Å². The molecule has 6 unspecified atom stereocenters. The SMILES string of the molecule is Cc1cc([C@H]2C[C@H](OP(=O)(O)OC[C@H]3O[C@@H](n4ccc(N)nc4=O)C[C@@H]3OP(=O)(O)OC[C@H]3O[C@@H](n4cnc5c(=O)[nH]c(N)nc54)C[C@@H]3OP(=O)(O)OC[C@H]3O[C@@H](n4ccc(N)nc4=O)C[C@@H]3OP(=O)(O)OC[C@H]3O[C@@H](n4cnc5c(=O)[nH]c(N)nc54)C[C@@H]3OP(=O)(O)OC[C@H]3O[C@@H](n4ccc(N)nc4=O)C[C@@H]3OP(=O)(O)OC[C@H]3O[C@@H](n4cnc5c(=O)[nH]c(N)nc54)C[C@@H]3O)[C@@H](CO)O2)cc2c(=O)[nH]c(N)nc12. The molecule has 67 nitrogen and oxygen atoms in total. The van der Waals surface area contributed by atoms with Gasteiger partial charge >= 0.3 is 64.0 Å². The van der Waals surface area contributed by atoms with E-state index in [1.54, 1.807) is 13.0 Å². The first-order valence-corrected chi connectivity index (χ1v) is 51.9. The second kappa shape index (κ2) is 40.6. The number of phosphoric acid groups is 6. The van der Waals surface area contributed by atoms with E-state index in [4.69, 9.17) is 128 Å². The molecular formula is C71H89N27O40P6. The van der Waals surface area contributed by atoms with Crippen LogP contribution in [0.5, 0.6) is 0 Å². The summed E-state index contributed by atoms with van der Waals surface area (Å²) in [4.78, 5) is 210. The predicted octanol–water partition coefficient (Wildman–Crippen LogP) is -2.60. The van der Waals surface area contributed by atoms with Crippen molar-refractivity contribution in [1.29, 1.82) is 0 Å². The number of aromatic nitrogens is 20. The molecule has 144 heavy (non-hydrogen) atoms. The summed E-state index contributed by atoms with van der Waals surface area (Å²) in [6.45, 7) is -5.61. The van der Waals surface area contributed by atoms with Gasteiger partial charge < -0.3 is 113 Å². The van der Waals surface area contributed by atoms with Crippen LogP contribution in [0.3, 0.4) is 0 Å². The van der Waals surface area contributed by atoms with Crippen molar-refractivity contribution in [2.45, 2.75) is 181 Å². The number of hydrogen-bond donors (Lipinski definition) is 19. The van der Waals surface area contributed by atoms with Crippen LogP contribution in [0.1, 0.15) is 99.5 Å². The van der Waals surface area contributed by atoms with E-state index < -0.39 is 305 Å². The smallest absolute Gasteiger partial charge is 0.394 e. The molecule has 778 valence electrons.